The Morgan fingerprint density at radius 3 is 1.94 bits per heavy atom. The fourth-order valence-corrected chi connectivity index (χ4v) is 4.88. The Kier molecular flexibility index (Phi) is 5.34. The van der Waals surface area contributed by atoms with E-state index in [1.165, 1.54) is 0 Å². The molecule has 0 radical (unpaired) electrons. The number of fused-ring (bicyclic) bond motifs is 3. The van der Waals surface area contributed by atoms with Gasteiger partial charge in [0.25, 0.3) is 0 Å². The third-order valence-corrected chi connectivity index (χ3v) is 6.35. The molecule has 0 fully saturated rings. The van der Waals surface area contributed by atoms with E-state index < -0.39 is 5.60 Å². The SMILES string of the molecule is CC(C)(C)OC(=O)n1c2ccccc2c2c(-c3ccccc3-c3ccccc3Br)cccc21. The minimum Gasteiger partial charge on any atom is -0.443 e. The number of hydrogen-bond acceptors (Lipinski definition) is 2. The van der Waals surface area contributed by atoms with Crippen molar-refractivity contribution in [2.24, 2.45) is 0 Å². The van der Waals surface area contributed by atoms with Crippen molar-refractivity contribution >= 4 is 43.8 Å². The van der Waals surface area contributed by atoms with Crippen LogP contribution in [0.15, 0.2) is 95.5 Å². The third kappa shape index (κ3) is 3.85. The Hall–Kier alpha value is -3.37. The van der Waals surface area contributed by atoms with Gasteiger partial charge in [0.1, 0.15) is 5.60 Å². The Morgan fingerprint density at radius 1 is 0.697 bits per heavy atom. The number of halogens is 1. The van der Waals surface area contributed by atoms with Crippen LogP contribution in [0.25, 0.3) is 44.1 Å². The van der Waals surface area contributed by atoms with Crippen molar-refractivity contribution in [2.45, 2.75) is 26.4 Å². The summed E-state index contributed by atoms with van der Waals surface area (Å²) < 4.78 is 8.51. The largest absolute Gasteiger partial charge is 0.443 e. The predicted molar refractivity (Wildman–Crippen MR) is 140 cm³/mol. The zero-order valence-corrected chi connectivity index (χ0v) is 20.4. The van der Waals surface area contributed by atoms with Crippen LogP contribution in [0.4, 0.5) is 4.79 Å². The molecule has 0 spiro atoms. The Balaban J connectivity index is 1.83. The van der Waals surface area contributed by atoms with E-state index in [9.17, 15) is 4.79 Å². The molecule has 0 aliphatic carbocycles. The van der Waals surface area contributed by atoms with Gasteiger partial charge in [0.15, 0.2) is 0 Å². The number of carbonyl (C=O) groups excluding carboxylic acids is 1. The van der Waals surface area contributed by atoms with Crippen LogP contribution in [0.3, 0.4) is 0 Å². The first kappa shape index (κ1) is 21.5. The van der Waals surface area contributed by atoms with Gasteiger partial charge in [-0.15, -0.1) is 0 Å². The molecule has 0 N–H and O–H groups in total. The van der Waals surface area contributed by atoms with Crippen molar-refractivity contribution in [3.8, 4) is 22.3 Å². The van der Waals surface area contributed by atoms with Gasteiger partial charge >= 0.3 is 6.09 Å². The summed E-state index contributed by atoms with van der Waals surface area (Å²) >= 11 is 3.71. The molecule has 1 aromatic heterocycles. The van der Waals surface area contributed by atoms with Crippen LogP contribution in [0.1, 0.15) is 20.8 Å². The number of benzene rings is 4. The first-order valence-corrected chi connectivity index (χ1v) is 11.7. The summed E-state index contributed by atoms with van der Waals surface area (Å²) in [7, 11) is 0. The maximum absolute atomic E-state index is 13.3. The molecule has 0 aliphatic heterocycles. The van der Waals surface area contributed by atoms with Gasteiger partial charge < -0.3 is 4.74 Å². The molecule has 3 nitrogen and oxygen atoms in total. The molecular weight excluding hydrogens is 474 g/mol. The highest BCUT2D eigenvalue weighted by atomic mass is 79.9. The lowest BCUT2D eigenvalue weighted by Crippen LogP contribution is -2.27. The number of hydrogen-bond donors (Lipinski definition) is 0. The van der Waals surface area contributed by atoms with E-state index in [1.807, 2.05) is 63.2 Å². The molecule has 164 valence electrons. The molecule has 0 unspecified atom stereocenters. The maximum atomic E-state index is 13.3. The molecule has 1 heterocycles. The first-order valence-electron chi connectivity index (χ1n) is 10.9. The summed E-state index contributed by atoms with van der Waals surface area (Å²) in [4.78, 5) is 13.3. The maximum Gasteiger partial charge on any atom is 0.419 e. The van der Waals surface area contributed by atoms with Gasteiger partial charge in [0.2, 0.25) is 0 Å². The van der Waals surface area contributed by atoms with Crippen molar-refractivity contribution < 1.29 is 9.53 Å². The van der Waals surface area contributed by atoms with E-state index in [0.29, 0.717) is 0 Å². The van der Waals surface area contributed by atoms with Crippen molar-refractivity contribution in [1.82, 2.24) is 4.57 Å². The fourth-order valence-electron chi connectivity index (χ4n) is 4.38. The first-order chi connectivity index (χ1) is 15.8. The Morgan fingerprint density at radius 2 is 1.24 bits per heavy atom. The van der Waals surface area contributed by atoms with Crippen molar-refractivity contribution in [3.63, 3.8) is 0 Å². The molecule has 0 atom stereocenters. The van der Waals surface area contributed by atoms with Crippen molar-refractivity contribution in [3.05, 3.63) is 95.5 Å². The van der Waals surface area contributed by atoms with Gasteiger partial charge in [-0.1, -0.05) is 88.7 Å². The van der Waals surface area contributed by atoms with E-state index in [2.05, 4.69) is 64.5 Å². The second-order valence-electron chi connectivity index (χ2n) is 9.06. The van der Waals surface area contributed by atoms with Crippen molar-refractivity contribution in [1.29, 1.82) is 0 Å². The summed E-state index contributed by atoms with van der Waals surface area (Å²) in [5.41, 5.74) is 5.54. The van der Waals surface area contributed by atoms with Crippen molar-refractivity contribution in [2.75, 3.05) is 0 Å². The monoisotopic (exact) mass is 497 g/mol. The average molecular weight is 498 g/mol. The van der Waals surface area contributed by atoms with Crippen LogP contribution in [0.2, 0.25) is 0 Å². The van der Waals surface area contributed by atoms with Gasteiger partial charge in [-0.3, -0.25) is 0 Å². The molecule has 0 saturated carbocycles. The second kappa shape index (κ2) is 8.20. The lowest BCUT2D eigenvalue weighted by molar-refractivity contribution is 0.0551. The van der Waals surface area contributed by atoms with Crippen LogP contribution in [-0.4, -0.2) is 16.3 Å². The highest BCUT2D eigenvalue weighted by Crippen LogP contribution is 2.42. The number of para-hydroxylation sites is 1. The molecule has 0 amide bonds. The molecule has 4 aromatic carbocycles. The van der Waals surface area contributed by atoms with E-state index in [1.54, 1.807) is 4.57 Å². The van der Waals surface area contributed by atoms with E-state index in [0.717, 1.165) is 48.5 Å². The zero-order valence-electron chi connectivity index (χ0n) is 18.8. The molecule has 33 heavy (non-hydrogen) atoms. The minimum absolute atomic E-state index is 0.370. The predicted octanol–water partition coefficient (Wildman–Crippen LogP) is 8.67. The molecule has 4 heteroatoms. The number of rotatable bonds is 2. The molecule has 0 bridgehead atoms. The highest BCUT2D eigenvalue weighted by molar-refractivity contribution is 9.10. The van der Waals surface area contributed by atoms with E-state index >= 15 is 0 Å². The van der Waals surface area contributed by atoms with Crippen LogP contribution in [0.5, 0.6) is 0 Å². The summed E-state index contributed by atoms with van der Waals surface area (Å²) in [5.74, 6) is 0. The van der Waals surface area contributed by atoms with Crippen LogP contribution >= 0.6 is 15.9 Å². The topological polar surface area (TPSA) is 31.2 Å². The average Bonchev–Trinajstić information content (AvgIpc) is 3.13. The molecular formula is C29H24BrNO2. The minimum atomic E-state index is -0.585. The van der Waals surface area contributed by atoms with E-state index in [4.69, 9.17) is 4.74 Å². The quantitative estimate of drug-likeness (QED) is 0.244. The second-order valence-corrected chi connectivity index (χ2v) is 9.91. The van der Waals surface area contributed by atoms with Gasteiger partial charge in [0.05, 0.1) is 11.0 Å². The van der Waals surface area contributed by atoms with Crippen LogP contribution in [-0.2, 0) is 4.74 Å². The third-order valence-electron chi connectivity index (χ3n) is 5.65. The molecule has 0 aliphatic rings. The number of carbonyl (C=O) groups is 1. The van der Waals surface area contributed by atoms with E-state index in [-0.39, 0.29) is 6.09 Å². The Labute approximate surface area is 201 Å². The lowest BCUT2D eigenvalue weighted by Gasteiger charge is -2.20. The Bertz CT molecular complexity index is 1510. The number of ether oxygens (including phenoxy) is 1. The van der Waals surface area contributed by atoms with Crippen LogP contribution < -0.4 is 0 Å². The lowest BCUT2D eigenvalue weighted by atomic mass is 9.92. The number of nitrogens with zero attached hydrogens (tertiary/aromatic N) is 1. The highest BCUT2D eigenvalue weighted by Gasteiger charge is 2.24. The van der Waals surface area contributed by atoms with Gasteiger partial charge in [-0.25, -0.2) is 9.36 Å². The summed E-state index contributed by atoms with van der Waals surface area (Å²) in [6, 6.07) is 30.8. The fraction of sp³-hybridized carbons (Fsp3) is 0.138. The summed E-state index contributed by atoms with van der Waals surface area (Å²) in [5, 5.41) is 2.06. The molecule has 5 rings (SSSR count). The summed E-state index contributed by atoms with van der Waals surface area (Å²) in [6.07, 6.45) is -0.370. The van der Waals surface area contributed by atoms with Gasteiger partial charge in [0, 0.05) is 15.2 Å². The molecule has 0 saturated heterocycles. The summed E-state index contributed by atoms with van der Waals surface area (Å²) in [6.45, 7) is 5.66. The molecule has 5 aromatic rings. The smallest absolute Gasteiger partial charge is 0.419 e. The van der Waals surface area contributed by atoms with Gasteiger partial charge in [-0.05, 0) is 61.2 Å². The van der Waals surface area contributed by atoms with Gasteiger partial charge in [-0.2, -0.15) is 0 Å². The standard InChI is InChI=1S/C29H24BrNO2/c1-29(2,3)33-28(32)31-25-17-9-7-14-23(25)27-22(15-10-18-26(27)31)20-12-5-4-11-19(20)21-13-6-8-16-24(21)30/h4-18H,1-3H3. The van der Waals surface area contributed by atoms with Crippen LogP contribution in [0, 0.1) is 0 Å². The zero-order chi connectivity index (χ0) is 23.2. The normalized spacial score (nSPS) is 11.8. The number of aromatic nitrogens is 1.